The van der Waals surface area contributed by atoms with Crippen LogP contribution in [-0.2, 0) is 0 Å². The van der Waals surface area contributed by atoms with Gasteiger partial charge in [0.1, 0.15) is 0 Å². The standard InChI is InChI=1S/C17H16BrN3O2/c1-3-23-14-9-6-12(10-15(14)22-2)17-19-16(20-21-17)11-4-7-13(18)8-5-11/h4-10H,3H2,1-2H3,(H,19,20,21). The van der Waals surface area contributed by atoms with Crippen molar-refractivity contribution >= 4 is 15.9 Å². The van der Waals surface area contributed by atoms with E-state index in [-0.39, 0.29) is 0 Å². The fourth-order valence-corrected chi connectivity index (χ4v) is 2.47. The van der Waals surface area contributed by atoms with Crippen LogP contribution < -0.4 is 9.47 Å². The molecule has 0 unspecified atom stereocenters. The van der Waals surface area contributed by atoms with Crippen LogP contribution in [0.15, 0.2) is 46.9 Å². The van der Waals surface area contributed by atoms with Crippen LogP contribution >= 0.6 is 15.9 Å². The van der Waals surface area contributed by atoms with E-state index in [0.29, 0.717) is 23.9 Å². The van der Waals surface area contributed by atoms with Gasteiger partial charge in [0.2, 0.25) is 0 Å². The van der Waals surface area contributed by atoms with Gasteiger partial charge < -0.3 is 9.47 Å². The number of nitrogens with zero attached hydrogens (tertiary/aromatic N) is 2. The van der Waals surface area contributed by atoms with E-state index in [9.17, 15) is 0 Å². The third-order valence-corrected chi connectivity index (χ3v) is 3.85. The fraction of sp³-hybridized carbons (Fsp3) is 0.176. The molecular weight excluding hydrogens is 358 g/mol. The SMILES string of the molecule is CCOc1ccc(-c2n[nH]c(-c3ccc(Br)cc3)n2)cc1OC. The van der Waals surface area contributed by atoms with Crippen molar-refractivity contribution < 1.29 is 9.47 Å². The first-order valence-electron chi connectivity index (χ1n) is 7.21. The van der Waals surface area contributed by atoms with Gasteiger partial charge in [-0.15, -0.1) is 0 Å². The number of ether oxygens (including phenoxy) is 2. The Balaban J connectivity index is 1.92. The minimum atomic E-state index is 0.587. The van der Waals surface area contributed by atoms with Crippen LogP contribution in [0.4, 0.5) is 0 Å². The average molecular weight is 374 g/mol. The fourth-order valence-electron chi connectivity index (χ4n) is 2.21. The van der Waals surface area contributed by atoms with Gasteiger partial charge in [-0.1, -0.05) is 28.1 Å². The van der Waals surface area contributed by atoms with Crippen LogP contribution in [0.25, 0.3) is 22.8 Å². The highest BCUT2D eigenvalue weighted by atomic mass is 79.9. The molecule has 0 aliphatic rings. The van der Waals surface area contributed by atoms with Crippen molar-refractivity contribution in [1.82, 2.24) is 15.2 Å². The van der Waals surface area contributed by atoms with Gasteiger partial charge in [0, 0.05) is 15.6 Å². The number of hydrogen-bond donors (Lipinski definition) is 1. The lowest BCUT2D eigenvalue weighted by atomic mass is 10.2. The molecule has 0 aliphatic heterocycles. The molecule has 0 radical (unpaired) electrons. The monoisotopic (exact) mass is 373 g/mol. The third-order valence-electron chi connectivity index (χ3n) is 3.32. The van der Waals surface area contributed by atoms with Crippen LogP contribution in [0.5, 0.6) is 11.5 Å². The van der Waals surface area contributed by atoms with Gasteiger partial charge in [0.05, 0.1) is 13.7 Å². The summed E-state index contributed by atoms with van der Waals surface area (Å²) in [5.41, 5.74) is 1.84. The Kier molecular flexibility index (Phi) is 4.62. The molecule has 3 aromatic rings. The minimum absolute atomic E-state index is 0.587. The molecule has 1 N–H and O–H groups in total. The third kappa shape index (κ3) is 3.37. The van der Waals surface area contributed by atoms with Crippen LogP contribution in [0, 0.1) is 0 Å². The Morgan fingerprint density at radius 2 is 1.78 bits per heavy atom. The smallest absolute Gasteiger partial charge is 0.181 e. The highest BCUT2D eigenvalue weighted by Crippen LogP contribution is 2.32. The van der Waals surface area contributed by atoms with E-state index in [4.69, 9.17) is 9.47 Å². The molecule has 118 valence electrons. The second-order valence-corrected chi connectivity index (χ2v) is 5.73. The summed E-state index contributed by atoms with van der Waals surface area (Å²) < 4.78 is 11.9. The number of aromatic amines is 1. The van der Waals surface area contributed by atoms with E-state index in [2.05, 4.69) is 31.1 Å². The van der Waals surface area contributed by atoms with Crippen molar-refractivity contribution in [3.8, 4) is 34.3 Å². The molecule has 0 saturated carbocycles. The lowest BCUT2D eigenvalue weighted by Crippen LogP contribution is -1.95. The minimum Gasteiger partial charge on any atom is -0.493 e. The second kappa shape index (κ2) is 6.83. The molecule has 5 nitrogen and oxygen atoms in total. The number of hydrogen-bond acceptors (Lipinski definition) is 4. The van der Waals surface area contributed by atoms with Crippen LogP contribution in [0.1, 0.15) is 6.92 Å². The molecule has 0 spiro atoms. The van der Waals surface area contributed by atoms with Crippen LogP contribution in [0.3, 0.4) is 0 Å². The normalized spacial score (nSPS) is 10.6. The summed E-state index contributed by atoms with van der Waals surface area (Å²) in [6.07, 6.45) is 0. The molecule has 0 saturated heterocycles. The van der Waals surface area contributed by atoms with E-state index in [1.165, 1.54) is 0 Å². The van der Waals surface area contributed by atoms with Gasteiger partial charge >= 0.3 is 0 Å². The van der Waals surface area contributed by atoms with Crippen molar-refractivity contribution in [2.45, 2.75) is 6.92 Å². The summed E-state index contributed by atoms with van der Waals surface area (Å²) >= 11 is 3.42. The maximum atomic E-state index is 5.53. The predicted octanol–water partition coefficient (Wildman–Crippen LogP) is 4.31. The largest absolute Gasteiger partial charge is 0.493 e. The molecular formula is C17H16BrN3O2. The van der Waals surface area contributed by atoms with E-state index >= 15 is 0 Å². The Hall–Kier alpha value is -2.34. The molecule has 0 bridgehead atoms. The van der Waals surface area contributed by atoms with Gasteiger partial charge in [0.15, 0.2) is 23.1 Å². The maximum Gasteiger partial charge on any atom is 0.181 e. The maximum absolute atomic E-state index is 5.53. The van der Waals surface area contributed by atoms with E-state index in [0.717, 1.165) is 21.4 Å². The molecule has 2 aromatic carbocycles. The zero-order valence-electron chi connectivity index (χ0n) is 12.8. The number of methoxy groups -OCH3 is 1. The Labute approximate surface area is 142 Å². The Morgan fingerprint density at radius 3 is 2.48 bits per heavy atom. The molecule has 3 rings (SSSR count). The zero-order valence-corrected chi connectivity index (χ0v) is 14.4. The van der Waals surface area contributed by atoms with Crippen molar-refractivity contribution in [1.29, 1.82) is 0 Å². The van der Waals surface area contributed by atoms with Gasteiger partial charge in [-0.25, -0.2) is 4.98 Å². The van der Waals surface area contributed by atoms with Crippen LogP contribution in [-0.4, -0.2) is 28.9 Å². The summed E-state index contributed by atoms with van der Waals surface area (Å²) in [7, 11) is 1.62. The highest BCUT2D eigenvalue weighted by Gasteiger charge is 2.11. The first-order chi connectivity index (χ1) is 11.2. The van der Waals surface area contributed by atoms with Gasteiger partial charge in [0.25, 0.3) is 0 Å². The van der Waals surface area contributed by atoms with E-state index in [1.807, 2.05) is 49.4 Å². The number of H-pyrrole nitrogens is 1. The molecule has 6 heteroatoms. The lowest BCUT2D eigenvalue weighted by Gasteiger charge is -2.09. The highest BCUT2D eigenvalue weighted by molar-refractivity contribution is 9.10. The topological polar surface area (TPSA) is 60.0 Å². The lowest BCUT2D eigenvalue weighted by molar-refractivity contribution is 0.311. The first kappa shape index (κ1) is 15.6. The number of halogens is 1. The molecule has 0 amide bonds. The van der Waals surface area contributed by atoms with Gasteiger partial charge in [-0.05, 0) is 37.3 Å². The molecule has 23 heavy (non-hydrogen) atoms. The van der Waals surface area contributed by atoms with Crippen LogP contribution in [0.2, 0.25) is 0 Å². The summed E-state index contributed by atoms with van der Waals surface area (Å²) in [6.45, 7) is 2.52. The quantitative estimate of drug-likeness (QED) is 0.723. The van der Waals surface area contributed by atoms with E-state index in [1.54, 1.807) is 7.11 Å². The van der Waals surface area contributed by atoms with Gasteiger partial charge in [-0.3, -0.25) is 5.10 Å². The second-order valence-electron chi connectivity index (χ2n) is 4.81. The average Bonchev–Trinajstić information content (AvgIpc) is 3.06. The summed E-state index contributed by atoms with van der Waals surface area (Å²) in [4.78, 5) is 4.55. The first-order valence-corrected chi connectivity index (χ1v) is 8.00. The number of benzene rings is 2. The van der Waals surface area contributed by atoms with Gasteiger partial charge in [-0.2, -0.15) is 5.10 Å². The molecule has 0 fully saturated rings. The number of rotatable bonds is 5. The zero-order chi connectivity index (χ0) is 16.2. The van der Waals surface area contributed by atoms with Crippen molar-refractivity contribution in [2.24, 2.45) is 0 Å². The molecule has 0 atom stereocenters. The van der Waals surface area contributed by atoms with Crippen molar-refractivity contribution in [3.05, 3.63) is 46.9 Å². The molecule has 0 aliphatic carbocycles. The Bertz CT molecular complexity index is 800. The Morgan fingerprint density at radius 1 is 1.04 bits per heavy atom. The molecule has 1 aromatic heterocycles. The van der Waals surface area contributed by atoms with Crippen molar-refractivity contribution in [3.63, 3.8) is 0 Å². The summed E-state index contributed by atoms with van der Waals surface area (Å²) in [6, 6.07) is 13.6. The summed E-state index contributed by atoms with van der Waals surface area (Å²) in [5.74, 6) is 2.71. The number of nitrogens with one attached hydrogen (secondary N) is 1. The van der Waals surface area contributed by atoms with E-state index < -0.39 is 0 Å². The predicted molar refractivity (Wildman–Crippen MR) is 92.7 cm³/mol. The molecule has 1 heterocycles. The number of aromatic nitrogens is 3. The van der Waals surface area contributed by atoms with Crippen molar-refractivity contribution in [2.75, 3.05) is 13.7 Å². The summed E-state index contributed by atoms with van der Waals surface area (Å²) in [5, 5.41) is 7.26.